The highest BCUT2D eigenvalue weighted by molar-refractivity contribution is 9.09. The van der Waals surface area contributed by atoms with E-state index in [-0.39, 0.29) is 5.91 Å². The molecule has 3 nitrogen and oxygen atoms in total. The number of hydrogen-bond acceptors (Lipinski definition) is 2. The third-order valence-corrected chi connectivity index (χ3v) is 4.84. The van der Waals surface area contributed by atoms with Gasteiger partial charge < -0.3 is 9.32 Å². The molecule has 0 radical (unpaired) electrons. The van der Waals surface area contributed by atoms with E-state index in [0.29, 0.717) is 6.04 Å². The summed E-state index contributed by atoms with van der Waals surface area (Å²) < 4.78 is 5.60. The molecule has 1 atom stereocenters. The molecule has 1 aliphatic rings. The van der Waals surface area contributed by atoms with Crippen LogP contribution < -0.4 is 0 Å². The Balaban J connectivity index is 2.30. The summed E-state index contributed by atoms with van der Waals surface area (Å²) in [6.45, 7) is 6.63. The number of alkyl halides is 1. The highest BCUT2D eigenvalue weighted by atomic mass is 79.9. The smallest absolute Gasteiger partial charge is 0.257 e. The Bertz CT molecular complexity index is 467. The van der Waals surface area contributed by atoms with Crippen molar-refractivity contribution in [3.05, 3.63) is 22.6 Å². The van der Waals surface area contributed by atoms with Crippen molar-refractivity contribution >= 4 is 21.8 Å². The predicted octanol–water partition coefficient (Wildman–Crippen LogP) is 3.98. The minimum atomic E-state index is 0.137. The predicted molar refractivity (Wildman–Crippen MR) is 80.0 cm³/mol. The molecule has 0 spiro atoms. The monoisotopic (exact) mass is 327 g/mol. The Morgan fingerprint density at radius 2 is 2.00 bits per heavy atom. The summed E-state index contributed by atoms with van der Waals surface area (Å²) in [6, 6.07) is 0.309. The van der Waals surface area contributed by atoms with Gasteiger partial charge in [0.1, 0.15) is 11.5 Å². The molecule has 2 heterocycles. The number of halogens is 1. The first-order valence-corrected chi connectivity index (χ1v) is 8.12. The number of likely N-dealkylation sites (tertiary alicyclic amines) is 1. The van der Waals surface area contributed by atoms with E-state index >= 15 is 0 Å². The number of carbonyl (C=O) groups is 1. The zero-order valence-electron chi connectivity index (χ0n) is 12.0. The first-order chi connectivity index (χ1) is 9.06. The second-order valence-corrected chi connectivity index (χ2v) is 6.02. The van der Waals surface area contributed by atoms with Gasteiger partial charge in [0.2, 0.25) is 0 Å². The van der Waals surface area contributed by atoms with Crippen LogP contribution in [0.3, 0.4) is 0 Å². The SMILES string of the molecule is Cc1oc(C)c(C(=O)N2CCCCCC2CBr)c1C. The summed E-state index contributed by atoms with van der Waals surface area (Å²) in [5.41, 5.74) is 1.76. The lowest BCUT2D eigenvalue weighted by Crippen LogP contribution is -2.41. The van der Waals surface area contributed by atoms with Crippen LogP contribution in [0, 0.1) is 20.8 Å². The minimum absolute atomic E-state index is 0.137. The number of hydrogen-bond donors (Lipinski definition) is 0. The van der Waals surface area contributed by atoms with Gasteiger partial charge in [0.05, 0.1) is 5.56 Å². The molecule has 0 N–H and O–H groups in total. The first-order valence-electron chi connectivity index (χ1n) is 6.99. The van der Waals surface area contributed by atoms with Crippen LogP contribution in [0.25, 0.3) is 0 Å². The third kappa shape index (κ3) is 2.88. The van der Waals surface area contributed by atoms with Crippen molar-refractivity contribution in [2.75, 3.05) is 11.9 Å². The summed E-state index contributed by atoms with van der Waals surface area (Å²) in [7, 11) is 0. The summed E-state index contributed by atoms with van der Waals surface area (Å²) in [6.07, 6.45) is 4.62. The van der Waals surface area contributed by atoms with Crippen LogP contribution >= 0.6 is 15.9 Å². The average Bonchev–Trinajstić information content (AvgIpc) is 2.60. The van der Waals surface area contributed by atoms with Crippen LogP contribution in [-0.4, -0.2) is 28.7 Å². The Morgan fingerprint density at radius 1 is 1.26 bits per heavy atom. The second-order valence-electron chi connectivity index (χ2n) is 5.37. The Kier molecular flexibility index (Phi) is 4.71. The molecule has 1 fully saturated rings. The van der Waals surface area contributed by atoms with Gasteiger partial charge in [-0.05, 0) is 33.6 Å². The molecule has 4 heteroatoms. The van der Waals surface area contributed by atoms with E-state index < -0.39 is 0 Å². The van der Waals surface area contributed by atoms with Crippen LogP contribution in [0.15, 0.2) is 4.42 Å². The molecular weight excluding hydrogens is 306 g/mol. The number of amides is 1. The van der Waals surface area contributed by atoms with Gasteiger partial charge >= 0.3 is 0 Å². The fraction of sp³-hybridized carbons (Fsp3) is 0.667. The van der Waals surface area contributed by atoms with Gasteiger partial charge in [-0.25, -0.2) is 0 Å². The maximum Gasteiger partial charge on any atom is 0.257 e. The molecule has 1 amide bonds. The maximum atomic E-state index is 12.8. The minimum Gasteiger partial charge on any atom is -0.466 e. The Morgan fingerprint density at radius 3 is 2.58 bits per heavy atom. The number of aryl methyl sites for hydroxylation is 2. The number of furan rings is 1. The summed E-state index contributed by atoms with van der Waals surface area (Å²) >= 11 is 3.55. The highest BCUT2D eigenvalue weighted by Gasteiger charge is 2.29. The molecule has 1 saturated heterocycles. The van der Waals surface area contributed by atoms with E-state index in [2.05, 4.69) is 15.9 Å². The van der Waals surface area contributed by atoms with Crippen LogP contribution in [0.5, 0.6) is 0 Å². The standard InChI is InChI=1S/C15H22BrNO2/c1-10-11(2)19-12(3)14(10)15(18)17-8-6-4-5-7-13(17)9-16/h13H,4-9H2,1-3H3. The summed E-state index contributed by atoms with van der Waals surface area (Å²) in [5, 5.41) is 0.855. The van der Waals surface area contributed by atoms with Gasteiger partial charge in [-0.15, -0.1) is 0 Å². The molecule has 19 heavy (non-hydrogen) atoms. The van der Waals surface area contributed by atoms with Gasteiger partial charge in [0.25, 0.3) is 5.91 Å². The normalized spacial score (nSPS) is 20.4. The summed E-state index contributed by atoms with van der Waals surface area (Å²) in [5.74, 6) is 1.74. The molecule has 0 aliphatic carbocycles. The second kappa shape index (κ2) is 6.12. The van der Waals surface area contributed by atoms with Crippen molar-refractivity contribution in [3.63, 3.8) is 0 Å². The van der Waals surface area contributed by atoms with E-state index in [4.69, 9.17) is 4.42 Å². The molecule has 1 unspecified atom stereocenters. The fourth-order valence-corrected chi connectivity index (χ4v) is 3.53. The lowest BCUT2D eigenvalue weighted by molar-refractivity contribution is 0.0700. The molecule has 0 aromatic carbocycles. The first kappa shape index (κ1) is 14.6. The van der Waals surface area contributed by atoms with Gasteiger partial charge in [-0.3, -0.25) is 4.79 Å². The average molecular weight is 328 g/mol. The van der Waals surface area contributed by atoms with Gasteiger partial charge in [-0.2, -0.15) is 0 Å². The van der Waals surface area contributed by atoms with E-state index in [1.807, 2.05) is 25.7 Å². The van der Waals surface area contributed by atoms with E-state index in [1.165, 1.54) is 12.8 Å². The fourth-order valence-electron chi connectivity index (χ4n) is 2.86. The van der Waals surface area contributed by atoms with Crippen LogP contribution in [0.2, 0.25) is 0 Å². The zero-order chi connectivity index (χ0) is 14.0. The van der Waals surface area contributed by atoms with Crippen molar-refractivity contribution in [3.8, 4) is 0 Å². The van der Waals surface area contributed by atoms with Crippen LogP contribution in [-0.2, 0) is 0 Å². The molecule has 106 valence electrons. The van der Waals surface area contributed by atoms with Crippen LogP contribution in [0.1, 0.15) is 53.1 Å². The van der Waals surface area contributed by atoms with Crippen LogP contribution in [0.4, 0.5) is 0 Å². The molecule has 1 aromatic heterocycles. The van der Waals surface area contributed by atoms with Crippen molar-refractivity contribution < 1.29 is 9.21 Å². The van der Waals surface area contributed by atoms with Crippen molar-refractivity contribution in [2.45, 2.75) is 52.5 Å². The Labute approximate surface area is 123 Å². The van der Waals surface area contributed by atoms with E-state index in [1.54, 1.807) is 0 Å². The largest absolute Gasteiger partial charge is 0.466 e. The quantitative estimate of drug-likeness (QED) is 0.769. The molecule has 1 aliphatic heterocycles. The lowest BCUT2D eigenvalue weighted by atomic mass is 10.1. The zero-order valence-corrected chi connectivity index (χ0v) is 13.5. The van der Waals surface area contributed by atoms with Gasteiger partial charge in [0.15, 0.2) is 0 Å². The van der Waals surface area contributed by atoms with Crippen molar-refractivity contribution in [1.29, 1.82) is 0 Å². The summed E-state index contributed by atoms with van der Waals surface area (Å²) in [4.78, 5) is 14.9. The van der Waals surface area contributed by atoms with Crippen molar-refractivity contribution in [1.82, 2.24) is 4.90 Å². The topological polar surface area (TPSA) is 33.5 Å². The van der Waals surface area contributed by atoms with Gasteiger partial charge in [0, 0.05) is 23.5 Å². The molecule has 0 saturated carbocycles. The number of rotatable bonds is 2. The molecule has 0 bridgehead atoms. The highest BCUT2D eigenvalue weighted by Crippen LogP contribution is 2.26. The number of carbonyl (C=O) groups excluding carboxylic acids is 1. The number of nitrogens with zero attached hydrogens (tertiary/aromatic N) is 1. The van der Waals surface area contributed by atoms with Gasteiger partial charge in [-0.1, -0.05) is 28.8 Å². The molecular formula is C15H22BrNO2. The van der Waals surface area contributed by atoms with E-state index in [9.17, 15) is 4.79 Å². The maximum absolute atomic E-state index is 12.8. The molecule has 2 rings (SSSR count). The molecule has 1 aromatic rings. The van der Waals surface area contributed by atoms with Crippen molar-refractivity contribution in [2.24, 2.45) is 0 Å². The Hall–Kier alpha value is -0.770. The van der Waals surface area contributed by atoms with E-state index in [0.717, 1.165) is 47.4 Å². The lowest BCUT2D eigenvalue weighted by Gasteiger charge is -2.28. The third-order valence-electron chi connectivity index (χ3n) is 4.09.